The lowest BCUT2D eigenvalue weighted by Crippen LogP contribution is -2.11. The predicted octanol–water partition coefficient (Wildman–Crippen LogP) is 3.35. The molecule has 2 aromatic heterocycles. The van der Waals surface area contributed by atoms with Crippen molar-refractivity contribution in [2.45, 2.75) is 32.4 Å². The summed E-state index contributed by atoms with van der Waals surface area (Å²) in [6, 6.07) is 10.5. The Morgan fingerprint density at radius 1 is 1.30 bits per heavy atom. The van der Waals surface area contributed by atoms with Crippen molar-refractivity contribution in [1.82, 2.24) is 14.8 Å². The van der Waals surface area contributed by atoms with Gasteiger partial charge < -0.3 is 5.11 Å². The minimum absolute atomic E-state index is 0.252. The van der Waals surface area contributed by atoms with Gasteiger partial charge in [-0.2, -0.15) is 5.10 Å². The van der Waals surface area contributed by atoms with Crippen LogP contribution < -0.4 is 0 Å². The Morgan fingerprint density at radius 2 is 2.10 bits per heavy atom. The van der Waals surface area contributed by atoms with Gasteiger partial charge in [-0.3, -0.25) is 0 Å². The van der Waals surface area contributed by atoms with E-state index in [9.17, 15) is 5.11 Å². The molecule has 1 unspecified atom stereocenters. The van der Waals surface area contributed by atoms with Crippen LogP contribution in [0.2, 0.25) is 0 Å². The van der Waals surface area contributed by atoms with Crippen molar-refractivity contribution in [3.63, 3.8) is 0 Å². The molecule has 104 valence electrons. The zero-order valence-electron chi connectivity index (χ0n) is 11.5. The summed E-state index contributed by atoms with van der Waals surface area (Å²) in [5, 5.41) is 15.8. The minimum atomic E-state index is -0.533. The van der Waals surface area contributed by atoms with Gasteiger partial charge >= 0.3 is 0 Å². The molecule has 20 heavy (non-hydrogen) atoms. The fraction of sp³-hybridized carbons (Fsp3) is 0.333. The summed E-state index contributed by atoms with van der Waals surface area (Å²) in [4.78, 5) is 5.23. The first-order valence-electron chi connectivity index (χ1n) is 6.70. The van der Waals surface area contributed by atoms with Crippen molar-refractivity contribution in [3.8, 4) is 0 Å². The van der Waals surface area contributed by atoms with Crippen molar-refractivity contribution >= 4 is 21.4 Å². The average molecular weight is 287 g/mol. The molecule has 3 rings (SSSR count). The van der Waals surface area contributed by atoms with Gasteiger partial charge in [-0.25, -0.2) is 9.67 Å². The van der Waals surface area contributed by atoms with Crippen molar-refractivity contribution < 1.29 is 5.11 Å². The van der Waals surface area contributed by atoms with E-state index in [1.807, 2.05) is 16.8 Å². The molecule has 0 fully saturated rings. The third-order valence-electron chi connectivity index (χ3n) is 3.29. The van der Waals surface area contributed by atoms with Gasteiger partial charge in [0.2, 0.25) is 0 Å². The predicted molar refractivity (Wildman–Crippen MR) is 80.9 cm³/mol. The second kappa shape index (κ2) is 5.34. The first-order chi connectivity index (χ1) is 9.65. The monoisotopic (exact) mass is 287 g/mol. The average Bonchev–Trinajstić information content (AvgIpc) is 3.03. The van der Waals surface area contributed by atoms with Gasteiger partial charge in [0.05, 0.1) is 6.10 Å². The quantitative estimate of drug-likeness (QED) is 0.800. The molecule has 1 N–H and O–H groups in total. The maximum atomic E-state index is 10.4. The topological polar surface area (TPSA) is 50.9 Å². The summed E-state index contributed by atoms with van der Waals surface area (Å²) in [6.45, 7) is 4.12. The van der Waals surface area contributed by atoms with E-state index >= 15 is 0 Å². The fourth-order valence-electron chi connectivity index (χ4n) is 2.29. The van der Waals surface area contributed by atoms with E-state index in [2.05, 4.69) is 42.1 Å². The van der Waals surface area contributed by atoms with Crippen molar-refractivity contribution in [2.75, 3.05) is 0 Å². The summed E-state index contributed by atoms with van der Waals surface area (Å²) in [5.41, 5.74) is 0. The molecular formula is C15H17N3OS. The summed E-state index contributed by atoms with van der Waals surface area (Å²) < 4.78 is 3.06. The molecule has 0 bridgehead atoms. The number of aromatic nitrogens is 3. The van der Waals surface area contributed by atoms with Gasteiger partial charge in [0, 0.05) is 22.0 Å². The standard InChI is InChI=1S/C15H17N3OS/c1-10(2)18-15(16-9-17-18)8-12(19)14-7-11-5-3-4-6-13(11)20-14/h3-7,9-10,12,19H,8H2,1-2H3. The number of thiophene rings is 1. The van der Waals surface area contributed by atoms with Crippen LogP contribution in [0.15, 0.2) is 36.7 Å². The highest BCUT2D eigenvalue weighted by Gasteiger charge is 2.16. The molecule has 0 aliphatic heterocycles. The Balaban J connectivity index is 1.85. The molecule has 0 aliphatic rings. The van der Waals surface area contributed by atoms with Crippen molar-refractivity contribution in [3.05, 3.63) is 47.4 Å². The van der Waals surface area contributed by atoms with E-state index < -0.39 is 6.10 Å². The van der Waals surface area contributed by atoms with Gasteiger partial charge in [0.15, 0.2) is 0 Å². The SMILES string of the molecule is CC(C)n1ncnc1CC(O)c1cc2ccccc2s1. The van der Waals surface area contributed by atoms with Crippen LogP contribution in [0, 0.1) is 0 Å². The van der Waals surface area contributed by atoms with E-state index in [1.54, 1.807) is 17.7 Å². The second-order valence-electron chi connectivity index (χ2n) is 5.12. The molecule has 5 heteroatoms. The lowest BCUT2D eigenvalue weighted by Gasteiger charge is -2.12. The first-order valence-corrected chi connectivity index (χ1v) is 7.51. The summed E-state index contributed by atoms with van der Waals surface area (Å²) in [6.07, 6.45) is 1.51. The highest BCUT2D eigenvalue weighted by atomic mass is 32.1. The lowest BCUT2D eigenvalue weighted by molar-refractivity contribution is 0.177. The molecule has 0 saturated carbocycles. The van der Waals surface area contributed by atoms with E-state index in [4.69, 9.17) is 0 Å². The molecule has 0 aliphatic carbocycles. The molecule has 0 amide bonds. The van der Waals surface area contributed by atoms with Crippen LogP contribution in [0.5, 0.6) is 0 Å². The third-order valence-corrected chi connectivity index (χ3v) is 4.50. The molecular weight excluding hydrogens is 270 g/mol. The zero-order chi connectivity index (χ0) is 14.1. The van der Waals surface area contributed by atoms with E-state index in [1.165, 1.54) is 10.1 Å². The Kier molecular flexibility index (Phi) is 3.54. The van der Waals surface area contributed by atoms with Crippen LogP contribution in [-0.4, -0.2) is 19.9 Å². The van der Waals surface area contributed by atoms with Crippen LogP contribution in [0.4, 0.5) is 0 Å². The Morgan fingerprint density at radius 3 is 2.85 bits per heavy atom. The van der Waals surface area contributed by atoms with Crippen LogP contribution >= 0.6 is 11.3 Å². The maximum absolute atomic E-state index is 10.4. The Labute approximate surface area is 121 Å². The van der Waals surface area contributed by atoms with Gasteiger partial charge in [-0.1, -0.05) is 18.2 Å². The van der Waals surface area contributed by atoms with Crippen molar-refractivity contribution in [1.29, 1.82) is 0 Å². The van der Waals surface area contributed by atoms with E-state index in [-0.39, 0.29) is 6.04 Å². The summed E-state index contributed by atoms with van der Waals surface area (Å²) in [7, 11) is 0. The first kappa shape index (κ1) is 13.3. The number of nitrogens with zero attached hydrogens (tertiary/aromatic N) is 3. The summed E-state index contributed by atoms with van der Waals surface area (Å²) in [5.74, 6) is 0.824. The highest BCUT2D eigenvalue weighted by Crippen LogP contribution is 2.31. The normalized spacial score (nSPS) is 13.2. The molecule has 0 spiro atoms. The van der Waals surface area contributed by atoms with Crippen molar-refractivity contribution in [2.24, 2.45) is 0 Å². The van der Waals surface area contributed by atoms with Gasteiger partial charge in [0.25, 0.3) is 0 Å². The number of aliphatic hydroxyl groups excluding tert-OH is 1. The molecule has 1 atom stereocenters. The maximum Gasteiger partial charge on any atom is 0.138 e. The molecule has 4 nitrogen and oxygen atoms in total. The summed E-state index contributed by atoms with van der Waals surface area (Å²) >= 11 is 1.63. The molecule has 3 aromatic rings. The minimum Gasteiger partial charge on any atom is -0.387 e. The number of rotatable bonds is 4. The van der Waals surface area contributed by atoms with Crippen LogP contribution in [-0.2, 0) is 6.42 Å². The van der Waals surface area contributed by atoms with Gasteiger partial charge in [-0.15, -0.1) is 11.3 Å². The number of benzene rings is 1. The molecule has 0 saturated heterocycles. The number of hydrogen-bond acceptors (Lipinski definition) is 4. The smallest absolute Gasteiger partial charge is 0.138 e. The fourth-order valence-corrected chi connectivity index (χ4v) is 3.34. The zero-order valence-corrected chi connectivity index (χ0v) is 12.3. The molecule has 2 heterocycles. The van der Waals surface area contributed by atoms with Gasteiger partial charge in [-0.05, 0) is 31.4 Å². The van der Waals surface area contributed by atoms with Crippen LogP contribution in [0.1, 0.15) is 36.7 Å². The lowest BCUT2D eigenvalue weighted by atomic mass is 10.2. The van der Waals surface area contributed by atoms with Crippen LogP contribution in [0.3, 0.4) is 0 Å². The molecule has 0 radical (unpaired) electrons. The van der Waals surface area contributed by atoms with Gasteiger partial charge in [0.1, 0.15) is 12.2 Å². The number of hydrogen-bond donors (Lipinski definition) is 1. The Hall–Kier alpha value is -1.72. The number of aliphatic hydroxyl groups is 1. The van der Waals surface area contributed by atoms with Crippen LogP contribution in [0.25, 0.3) is 10.1 Å². The third kappa shape index (κ3) is 2.46. The van der Waals surface area contributed by atoms with E-state index in [0.29, 0.717) is 6.42 Å². The van der Waals surface area contributed by atoms with E-state index in [0.717, 1.165) is 10.7 Å². The largest absolute Gasteiger partial charge is 0.387 e. The molecule has 1 aromatic carbocycles. The second-order valence-corrected chi connectivity index (χ2v) is 6.24. The number of fused-ring (bicyclic) bond motifs is 1. The Bertz CT molecular complexity index is 684. The highest BCUT2D eigenvalue weighted by molar-refractivity contribution is 7.19.